The molecule has 0 aromatic heterocycles. The van der Waals surface area contributed by atoms with E-state index in [0.717, 1.165) is 4.90 Å². The molecule has 5 heteroatoms. The number of hydrogen-bond acceptors (Lipinski definition) is 4. The summed E-state index contributed by atoms with van der Waals surface area (Å²) in [6.45, 7) is 3.66. The zero-order chi connectivity index (χ0) is 12.6. The topological polar surface area (TPSA) is 66.4 Å². The average molecular weight is 251 g/mol. The van der Waals surface area contributed by atoms with Crippen molar-refractivity contribution < 1.29 is 14.7 Å². The van der Waals surface area contributed by atoms with Gasteiger partial charge < -0.3 is 10.4 Å². The highest BCUT2D eigenvalue weighted by atomic mass is 32.2. The Bertz CT molecular complexity index is 485. The van der Waals surface area contributed by atoms with Gasteiger partial charge in [0.2, 0.25) is 0 Å². The van der Waals surface area contributed by atoms with Gasteiger partial charge in [0.25, 0.3) is 11.7 Å². The highest BCUT2D eigenvalue weighted by molar-refractivity contribution is 8.00. The molecule has 0 bridgehead atoms. The SMILES string of the molecule is CC(O)C(C)Sc1ccc2c(c1)NC(=O)C2=O. The van der Waals surface area contributed by atoms with E-state index in [1.165, 1.54) is 11.8 Å². The third-order valence-electron chi connectivity index (χ3n) is 2.69. The smallest absolute Gasteiger partial charge is 0.296 e. The van der Waals surface area contributed by atoms with E-state index < -0.39 is 17.8 Å². The van der Waals surface area contributed by atoms with Crippen molar-refractivity contribution in [2.45, 2.75) is 30.1 Å². The molecule has 4 nitrogen and oxygen atoms in total. The summed E-state index contributed by atoms with van der Waals surface area (Å²) in [7, 11) is 0. The molecule has 0 radical (unpaired) electrons. The summed E-state index contributed by atoms with van der Waals surface area (Å²) < 4.78 is 0. The second-order valence-corrected chi connectivity index (χ2v) is 5.50. The molecule has 0 spiro atoms. The van der Waals surface area contributed by atoms with Gasteiger partial charge in [-0.1, -0.05) is 6.92 Å². The predicted molar refractivity (Wildman–Crippen MR) is 66.4 cm³/mol. The summed E-state index contributed by atoms with van der Waals surface area (Å²) in [5.41, 5.74) is 0.979. The standard InChI is InChI=1S/C12H13NO3S/c1-6(14)7(2)17-8-3-4-9-10(5-8)13-12(16)11(9)15/h3-7,14H,1-2H3,(H,13,15,16). The summed E-state index contributed by atoms with van der Waals surface area (Å²) in [6, 6.07) is 5.20. The molecule has 2 unspecified atom stereocenters. The lowest BCUT2D eigenvalue weighted by Gasteiger charge is -2.14. The lowest BCUT2D eigenvalue weighted by molar-refractivity contribution is -0.112. The number of nitrogens with one attached hydrogen (secondary N) is 1. The highest BCUT2D eigenvalue weighted by Crippen LogP contribution is 2.31. The van der Waals surface area contributed by atoms with Crippen LogP contribution in [0.4, 0.5) is 5.69 Å². The zero-order valence-corrected chi connectivity index (χ0v) is 10.4. The molecular formula is C12H13NO3S. The molecule has 0 aliphatic carbocycles. The van der Waals surface area contributed by atoms with Gasteiger partial charge in [-0.2, -0.15) is 0 Å². The lowest BCUT2D eigenvalue weighted by Crippen LogP contribution is -2.14. The van der Waals surface area contributed by atoms with Gasteiger partial charge in [-0.3, -0.25) is 9.59 Å². The van der Waals surface area contributed by atoms with Crippen molar-refractivity contribution in [3.05, 3.63) is 23.8 Å². The normalized spacial score (nSPS) is 17.6. The summed E-state index contributed by atoms with van der Waals surface area (Å²) >= 11 is 1.51. The van der Waals surface area contributed by atoms with Crippen LogP contribution in [0.1, 0.15) is 24.2 Å². The molecule has 1 heterocycles. The number of aliphatic hydroxyl groups is 1. The molecule has 0 fully saturated rings. The first-order valence-electron chi connectivity index (χ1n) is 5.33. The van der Waals surface area contributed by atoms with Crippen LogP contribution in [-0.4, -0.2) is 28.2 Å². The van der Waals surface area contributed by atoms with Crippen LogP contribution in [0.25, 0.3) is 0 Å². The number of carbonyl (C=O) groups excluding carboxylic acids is 2. The van der Waals surface area contributed by atoms with E-state index in [9.17, 15) is 14.7 Å². The minimum Gasteiger partial charge on any atom is -0.392 e. The van der Waals surface area contributed by atoms with Crippen molar-refractivity contribution >= 4 is 29.1 Å². The van der Waals surface area contributed by atoms with Gasteiger partial charge in [0, 0.05) is 10.1 Å². The Hall–Kier alpha value is -1.33. The number of hydrogen-bond donors (Lipinski definition) is 2. The molecule has 0 saturated heterocycles. The van der Waals surface area contributed by atoms with E-state index >= 15 is 0 Å². The molecule has 1 aromatic rings. The Morgan fingerprint density at radius 2 is 2.00 bits per heavy atom. The molecule has 2 atom stereocenters. The second-order valence-electron chi connectivity index (χ2n) is 4.05. The van der Waals surface area contributed by atoms with Crippen LogP contribution in [0.15, 0.2) is 23.1 Å². The van der Waals surface area contributed by atoms with Gasteiger partial charge in [-0.25, -0.2) is 0 Å². The number of anilines is 1. The Kier molecular flexibility index (Phi) is 3.22. The Labute approximate surface area is 103 Å². The number of fused-ring (bicyclic) bond motifs is 1. The van der Waals surface area contributed by atoms with Crippen molar-refractivity contribution in [1.29, 1.82) is 0 Å². The summed E-state index contributed by atoms with van der Waals surface area (Å²) in [5, 5.41) is 12.0. The number of carbonyl (C=O) groups is 2. The number of ketones is 1. The number of benzene rings is 1. The third kappa shape index (κ3) is 2.35. The van der Waals surface area contributed by atoms with Gasteiger partial charge in [-0.05, 0) is 25.1 Å². The largest absolute Gasteiger partial charge is 0.392 e. The first-order valence-corrected chi connectivity index (χ1v) is 6.21. The molecule has 0 saturated carbocycles. The van der Waals surface area contributed by atoms with Crippen molar-refractivity contribution in [1.82, 2.24) is 0 Å². The lowest BCUT2D eigenvalue weighted by atomic mass is 10.1. The van der Waals surface area contributed by atoms with Gasteiger partial charge in [0.05, 0.1) is 17.4 Å². The molecule has 2 N–H and O–H groups in total. The number of aliphatic hydroxyl groups excluding tert-OH is 1. The molecule has 90 valence electrons. The van der Waals surface area contributed by atoms with Crippen LogP contribution in [0.2, 0.25) is 0 Å². The van der Waals surface area contributed by atoms with E-state index in [2.05, 4.69) is 5.32 Å². The van der Waals surface area contributed by atoms with E-state index in [1.54, 1.807) is 25.1 Å². The third-order valence-corrected chi connectivity index (χ3v) is 3.98. The number of rotatable bonds is 3. The highest BCUT2D eigenvalue weighted by Gasteiger charge is 2.28. The van der Waals surface area contributed by atoms with Crippen molar-refractivity contribution in [3.8, 4) is 0 Å². The molecular weight excluding hydrogens is 238 g/mol. The molecule has 1 aliphatic heterocycles. The average Bonchev–Trinajstić information content (AvgIpc) is 2.54. The number of amides is 1. The first-order chi connectivity index (χ1) is 7.99. The first kappa shape index (κ1) is 12.1. The van der Waals surface area contributed by atoms with Crippen molar-refractivity contribution in [3.63, 3.8) is 0 Å². The minimum absolute atomic E-state index is 0.0563. The zero-order valence-electron chi connectivity index (χ0n) is 9.56. The van der Waals surface area contributed by atoms with Crippen LogP contribution in [-0.2, 0) is 4.79 Å². The van der Waals surface area contributed by atoms with Crippen LogP contribution in [0.3, 0.4) is 0 Å². The van der Waals surface area contributed by atoms with Gasteiger partial charge >= 0.3 is 0 Å². The number of Topliss-reactive ketones (excluding diaryl/α,β-unsaturated/α-hetero) is 1. The van der Waals surface area contributed by atoms with Gasteiger partial charge in [-0.15, -0.1) is 11.8 Å². The molecule has 1 amide bonds. The van der Waals surface area contributed by atoms with Crippen LogP contribution in [0, 0.1) is 0 Å². The summed E-state index contributed by atoms with van der Waals surface area (Å²) in [6.07, 6.45) is -0.413. The van der Waals surface area contributed by atoms with Gasteiger partial charge in [0.15, 0.2) is 0 Å². The van der Waals surface area contributed by atoms with E-state index in [-0.39, 0.29) is 5.25 Å². The fourth-order valence-corrected chi connectivity index (χ4v) is 2.47. The van der Waals surface area contributed by atoms with E-state index in [0.29, 0.717) is 11.3 Å². The minimum atomic E-state index is -0.578. The second kappa shape index (κ2) is 4.50. The maximum atomic E-state index is 11.4. The van der Waals surface area contributed by atoms with Crippen molar-refractivity contribution in [2.24, 2.45) is 0 Å². The van der Waals surface area contributed by atoms with Gasteiger partial charge in [0.1, 0.15) is 0 Å². The van der Waals surface area contributed by atoms with Crippen LogP contribution >= 0.6 is 11.8 Å². The maximum absolute atomic E-state index is 11.4. The maximum Gasteiger partial charge on any atom is 0.296 e. The van der Waals surface area contributed by atoms with Crippen LogP contribution < -0.4 is 5.32 Å². The Morgan fingerprint density at radius 1 is 1.29 bits per heavy atom. The monoisotopic (exact) mass is 251 g/mol. The molecule has 1 aromatic carbocycles. The van der Waals surface area contributed by atoms with E-state index in [1.807, 2.05) is 6.92 Å². The summed E-state index contributed by atoms with van der Waals surface area (Å²) in [5.74, 6) is -1.06. The van der Waals surface area contributed by atoms with Crippen LogP contribution in [0.5, 0.6) is 0 Å². The number of thioether (sulfide) groups is 1. The summed E-state index contributed by atoms with van der Waals surface area (Å²) in [4.78, 5) is 23.5. The fourth-order valence-electron chi connectivity index (χ4n) is 1.51. The Balaban J connectivity index is 2.22. The van der Waals surface area contributed by atoms with Crippen molar-refractivity contribution in [2.75, 3.05) is 5.32 Å². The molecule has 2 rings (SSSR count). The quantitative estimate of drug-likeness (QED) is 0.633. The van der Waals surface area contributed by atoms with E-state index in [4.69, 9.17) is 0 Å². The fraction of sp³-hybridized carbons (Fsp3) is 0.333. The molecule has 1 aliphatic rings. The Morgan fingerprint density at radius 3 is 2.65 bits per heavy atom. The molecule has 17 heavy (non-hydrogen) atoms. The predicted octanol–water partition coefficient (Wildman–Crippen LogP) is 1.68.